The summed E-state index contributed by atoms with van der Waals surface area (Å²) in [5, 5.41) is 3.21. The smallest absolute Gasteiger partial charge is 0.410 e. The van der Waals surface area contributed by atoms with Gasteiger partial charge in [-0.3, -0.25) is 0 Å². The van der Waals surface area contributed by atoms with E-state index >= 15 is 0 Å². The molecule has 1 heterocycles. The highest BCUT2D eigenvalue weighted by atomic mass is 19.4. The Balaban J connectivity index is 1.41. The summed E-state index contributed by atoms with van der Waals surface area (Å²) in [4.78, 5) is 13.9. The minimum atomic E-state index is -4.12. The van der Waals surface area contributed by atoms with Crippen molar-refractivity contribution >= 4 is 6.09 Å². The number of hydrogen-bond donors (Lipinski definition) is 1. The third-order valence-corrected chi connectivity index (χ3v) is 5.37. The number of benzene rings is 1. The topological polar surface area (TPSA) is 50.8 Å². The molecule has 1 saturated carbocycles. The van der Waals surface area contributed by atoms with E-state index in [0.29, 0.717) is 32.7 Å². The van der Waals surface area contributed by atoms with Gasteiger partial charge in [0.1, 0.15) is 6.61 Å². The highest BCUT2D eigenvalue weighted by Gasteiger charge is 2.42. The third kappa shape index (κ3) is 6.10. The monoisotopic (exact) mass is 400 g/mol. The van der Waals surface area contributed by atoms with Crippen molar-refractivity contribution in [3.05, 3.63) is 35.9 Å². The fourth-order valence-corrected chi connectivity index (χ4v) is 3.79. The number of nitrogens with zero attached hydrogens (tertiary/aromatic N) is 1. The van der Waals surface area contributed by atoms with Gasteiger partial charge in [-0.15, -0.1) is 0 Å². The Kier molecular flexibility index (Phi) is 7.18. The number of alkyl halides is 3. The number of carbonyl (C=O) groups is 1. The molecule has 8 heteroatoms. The molecule has 28 heavy (non-hydrogen) atoms. The molecule has 0 radical (unpaired) electrons. The number of halogens is 3. The molecular weight excluding hydrogens is 373 g/mol. The molecule has 2 aliphatic rings. The summed E-state index contributed by atoms with van der Waals surface area (Å²) in [5.41, 5.74) is 0.916. The molecule has 5 nitrogen and oxygen atoms in total. The SMILES string of the molecule is O=C(OCc1ccccc1)N1CCOC(CNC2CCCC(C(F)(F)F)C2)C1. The van der Waals surface area contributed by atoms with Crippen LogP contribution in [0.3, 0.4) is 0 Å². The molecule has 1 aliphatic heterocycles. The summed E-state index contributed by atoms with van der Waals surface area (Å²) >= 11 is 0. The number of morpholine rings is 1. The number of rotatable bonds is 5. The number of hydrogen-bond acceptors (Lipinski definition) is 4. The van der Waals surface area contributed by atoms with Crippen LogP contribution < -0.4 is 5.32 Å². The summed E-state index contributed by atoms with van der Waals surface area (Å²) in [7, 11) is 0. The summed E-state index contributed by atoms with van der Waals surface area (Å²) in [5.74, 6) is -1.23. The maximum absolute atomic E-state index is 12.9. The van der Waals surface area contributed by atoms with E-state index in [0.717, 1.165) is 12.0 Å². The van der Waals surface area contributed by atoms with E-state index in [1.54, 1.807) is 4.90 Å². The fourth-order valence-electron chi connectivity index (χ4n) is 3.79. The van der Waals surface area contributed by atoms with E-state index in [1.807, 2.05) is 30.3 Å². The first-order valence-electron chi connectivity index (χ1n) is 9.79. The van der Waals surface area contributed by atoms with Crippen molar-refractivity contribution < 1.29 is 27.4 Å². The zero-order valence-corrected chi connectivity index (χ0v) is 15.8. The molecule has 3 rings (SSSR count). The normalized spacial score (nSPS) is 26.1. The quantitative estimate of drug-likeness (QED) is 0.818. The first-order valence-corrected chi connectivity index (χ1v) is 9.79. The van der Waals surface area contributed by atoms with Crippen molar-refractivity contribution in [1.29, 1.82) is 0 Å². The highest BCUT2D eigenvalue weighted by Crippen LogP contribution is 2.37. The van der Waals surface area contributed by atoms with Gasteiger partial charge in [0.2, 0.25) is 0 Å². The van der Waals surface area contributed by atoms with Crippen LogP contribution in [0.4, 0.5) is 18.0 Å². The second-order valence-electron chi connectivity index (χ2n) is 7.49. The molecule has 0 spiro atoms. The van der Waals surface area contributed by atoms with Gasteiger partial charge in [-0.05, 0) is 24.8 Å². The molecule has 3 unspecified atom stereocenters. The maximum atomic E-state index is 12.9. The van der Waals surface area contributed by atoms with Gasteiger partial charge in [0, 0.05) is 19.1 Å². The fraction of sp³-hybridized carbons (Fsp3) is 0.650. The Bertz CT molecular complexity index is 627. The van der Waals surface area contributed by atoms with E-state index in [1.165, 1.54) is 0 Å². The Labute approximate surface area is 163 Å². The van der Waals surface area contributed by atoms with E-state index < -0.39 is 18.2 Å². The van der Waals surface area contributed by atoms with Crippen LogP contribution in [0.25, 0.3) is 0 Å². The molecule has 0 bridgehead atoms. The first kappa shape index (κ1) is 20.9. The number of ether oxygens (including phenoxy) is 2. The molecule has 156 valence electrons. The average molecular weight is 400 g/mol. The van der Waals surface area contributed by atoms with Crippen molar-refractivity contribution in [2.45, 2.75) is 50.6 Å². The highest BCUT2D eigenvalue weighted by molar-refractivity contribution is 5.67. The van der Waals surface area contributed by atoms with Crippen LogP contribution in [-0.2, 0) is 16.1 Å². The molecule has 1 amide bonds. The van der Waals surface area contributed by atoms with Crippen LogP contribution in [0.2, 0.25) is 0 Å². The minimum absolute atomic E-state index is 0.110. The van der Waals surface area contributed by atoms with Gasteiger partial charge >= 0.3 is 12.3 Å². The van der Waals surface area contributed by atoms with Gasteiger partial charge in [-0.1, -0.05) is 36.8 Å². The van der Waals surface area contributed by atoms with Crippen molar-refractivity contribution in [2.24, 2.45) is 5.92 Å². The van der Waals surface area contributed by atoms with Crippen LogP contribution in [0.1, 0.15) is 31.2 Å². The van der Waals surface area contributed by atoms with E-state index in [2.05, 4.69) is 5.32 Å². The Morgan fingerprint density at radius 3 is 2.79 bits per heavy atom. The molecule has 1 N–H and O–H groups in total. The largest absolute Gasteiger partial charge is 0.445 e. The van der Waals surface area contributed by atoms with Crippen LogP contribution in [0.5, 0.6) is 0 Å². The van der Waals surface area contributed by atoms with Gasteiger partial charge in [0.15, 0.2) is 0 Å². The Morgan fingerprint density at radius 1 is 1.25 bits per heavy atom. The van der Waals surface area contributed by atoms with Gasteiger partial charge in [-0.25, -0.2) is 4.79 Å². The Hall–Kier alpha value is -1.80. The van der Waals surface area contributed by atoms with Crippen LogP contribution in [-0.4, -0.2) is 55.6 Å². The predicted octanol–water partition coefficient (Wildman–Crippen LogP) is 3.73. The molecule has 3 atom stereocenters. The van der Waals surface area contributed by atoms with E-state index in [-0.39, 0.29) is 31.6 Å². The zero-order valence-electron chi connectivity index (χ0n) is 15.8. The average Bonchev–Trinajstić information content (AvgIpc) is 2.71. The van der Waals surface area contributed by atoms with E-state index in [9.17, 15) is 18.0 Å². The van der Waals surface area contributed by atoms with Gasteiger partial charge in [0.05, 0.1) is 25.2 Å². The number of amides is 1. The maximum Gasteiger partial charge on any atom is 0.410 e. The van der Waals surface area contributed by atoms with Crippen LogP contribution >= 0.6 is 0 Å². The predicted molar refractivity (Wildman–Crippen MR) is 97.7 cm³/mol. The van der Waals surface area contributed by atoms with Crippen molar-refractivity contribution in [3.8, 4) is 0 Å². The molecule has 0 aromatic heterocycles. The number of nitrogens with one attached hydrogen (secondary N) is 1. The van der Waals surface area contributed by atoms with Crippen LogP contribution in [0.15, 0.2) is 30.3 Å². The summed E-state index contributed by atoms with van der Waals surface area (Å²) in [6.07, 6.45) is -3.13. The van der Waals surface area contributed by atoms with Gasteiger partial charge in [-0.2, -0.15) is 13.2 Å². The first-order chi connectivity index (χ1) is 13.4. The summed E-state index contributed by atoms with van der Waals surface area (Å²) < 4.78 is 49.8. The lowest BCUT2D eigenvalue weighted by Gasteiger charge is -2.35. The van der Waals surface area contributed by atoms with Crippen molar-refractivity contribution in [1.82, 2.24) is 10.2 Å². The van der Waals surface area contributed by atoms with Gasteiger partial charge in [0.25, 0.3) is 0 Å². The summed E-state index contributed by atoms with van der Waals surface area (Å²) in [6.45, 7) is 1.85. The lowest BCUT2D eigenvalue weighted by atomic mass is 9.85. The lowest BCUT2D eigenvalue weighted by Crippen LogP contribution is -2.51. The molecule has 1 aromatic carbocycles. The second kappa shape index (κ2) is 9.60. The number of carbonyl (C=O) groups excluding carboxylic acids is 1. The lowest BCUT2D eigenvalue weighted by molar-refractivity contribution is -0.183. The van der Waals surface area contributed by atoms with Gasteiger partial charge < -0.3 is 19.7 Å². The summed E-state index contributed by atoms with van der Waals surface area (Å²) in [6, 6.07) is 9.27. The second-order valence-corrected chi connectivity index (χ2v) is 7.49. The van der Waals surface area contributed by atoms with Crippen LogP contribution in [0, 0.1) is 5.92 Å². The standard InChI is InChI=1S/C20H27F3N2O3/c21-20(22,23)16-7-4-8-17(11-16)24-12-18-13-25(9-10-27-18)19(26)28-14-15-5-2-1-3-6-15/h1-3,5-6,16-18,24H,4,7-14H2. The third-order valence-electron chi connectivity index (χ3n) is 5.37. The molecule has 2 fully saturated rings. The van der Waals surface area contributed by atoms with Crippen molar-refractivity contribution in [3.63, 3.8) is 0 Å². The molecule has 1 saturated heterocycles. The Morgan fingerprint density at radius 2 is 2.04 bits per heavy atom. The minimum Gasteiger partial charge on any atom is -0.445 e. The van der Waals surface area contributed by atoms with E-state index in [4.69, 9.17) is 9.47 Å². The molecular formula is C20H27F3N2O3. The van der Waals surface area contributed by atoms with Crippen molar-refractivity contribution in [2.75, 3.05) is 26.2 Å². The molecule has 1 aromatic rings. The molecule has 1 aliphatic carbocycles. The zero-order chi connectivity index (χ0) is 20.0.